The van der Waals surface area contributed by atoms with Gasteiger partial charge in [0.1, 0.15) is 29.3 Å². The van der Waals surface area contributed by atoms with E-state index in [2.05, 4.69) is 72.8 Å². The van der Waals surface area contributed by atoms with Crippen molar-refractivity contribution in [2.24, 2.45) is 0 Å². The molecule has 0 aromatic heterocycles. The Morgan fingerprint density at radius 3 is 1.46 bits per heavy atom. The topological polar surface area (TPSA) is 17.1 Å². The summed E-state index contributed by atoms with van der Waals surface area (Å²) in [5, 5.41) is 3.80. The Balaban J connectivity index is 2.05. The molecular weight excluding hydrogens is 383 g/mol. The Kier molecular flexibility index (Phi) is 7.83. The smallest absolute Gasteiger partial charge is 0.171 e. The molecule has 1 nitrogen and oxygen atoms in total. The first-order valence-corrected chi connectivity index (χ1v) is 12.4. The largest absolute Gasteiger partial charge is 0.296 e. The monoisotopic (exact) mass is 409 g/mol. The standard InChI is InChI=1S/C25H27ClOP/c26-20-12-4-5-13-22(27)21-28(23-14-6-1-7-15-23,24-16-8-2-9-17-24)25-18-10-3-11-19-25/h1-3,6-11,14-19H,4-5,12-13,20-21H2/q+1. The van der Waals surface area contributed by atoms with Gasteiger partial charge in [0, 0.05) is 12.3 Å². The first-order valence-electron chi connectivity index (χ1n) is 9.90. The van der Waals surface area contributed by atoms with E-state index in [1.54, 1.807) is 0 Å². The molecule has 0 aliphatic carbocycles. The highest BCUT2D eigenvalue weighted by Gasteiger charge is 2.46. The predicted molar refractivity (Wildman–Crippen MR) is 124 cm³/mol. The Hall–Kier alpha value is -1.95. The van der Waals surface area contributed by atoms with Crippen LogP contribution in [-0.2, 0) is 4.79 Å². The second-order valence-electron chi connectivity index (χ2n) is 7.01. The van der Waals surface area contributed by atoms with Gasteiger partial charge in [0.2, 0.25) is 0 Å². The first-order chi connectivity index (χ1) is 13.8. The summed E-state index contributed by atoms with van der Waals surface area (Å²) in [6, 6.07) is 31.8. The molecule has 28 heavy (non-hydrogen) atoms. The van der Waals surface area contributed by atoms with Crippen LogP contribution >= 0.6 is 18.9 Å². The molecule has 0 aliphatic heterocycles. The maximum Gasteiger partial charge on any atom is 0.171 e. The molecule has 0 saturated carbocycles. The molecule has 3 heteroatoms. The van der Waals surface area contributed by atoms with Crippen molar-refractivity contribution < 1.29 is 4.79 Å². The molecule has 0 spiro atoms. The van der Waals surface area contributed by atoms with Crippen molar-refractivity contribution in [3.8, 4) is 0 Å². The highest BCUT2D eigenvalue weighted by atomic mass is 35.5. The fourth-order valence-corrected chi connectivity index (χ4v) is 8.07. The quantitative estimate of drug-likeness (QED) is 0.250. The van der Waals surface area contributed by atoms with Gasteiger partial charge < -0.3 is 0 Å². The van der Waals surface area contributed by atoms with Crippen molar-refractivity contribution in [2.75, 3.05) is 12.0 Å². The Morgan fingerprint density at radius 1 is 0.643 bits per heavy atom. The fourth-order valence-electron chi connectivity index (χ4n) is 3.71. The van der Waals surface area contributed by atoms with Crippen molar-refractivity contribution in [3.63, 3.8) is 0 Å². The molecule has 0 radical (unpaired) electrons. The molecule has 3 aromatic carbocycles. The lowest BCUT2D eigenvalue weighted by Crippen LogP contribution is -2.35. The van der Waals surface area contributed by atoms with Gasteiger partial charge in [-0.25, -0.2) is 0 Å². The third kappa shape index (κ3) is 4.90. The SMILES string of the molecule is O=C(CCCCCCl)C[P+](c1ccccc1)(c1ccccc1)c1ccccc1. The van der Waals surface area contributed by atoms with E-state index in [9.17, 15) is 4.79 Å². The second-order valence-corrected chi connectivity index (χ2v) is 10.9. The van der Waals surface area contributed by atoms with Crippen molar-refractivity contribution in [1.82, 2.24) is 0 Å². The van der Waals surface area contributed by atoms with E-state index in [1.807, 2.05) is 18.2 Å². The molecule has 0 amide bonds. The zero-order valence-electron chi connectivity index (χ0n) is 16.1. The minimum atomic E-state index is -2.04. The molecule has 3 rings (SSSR count). The van der Waals surface area contributed by atoms with Crippen molar-refractivity contribution in [1.29, 1.82) is 0 Å². The predicted octanol–water partition coefficient (Wildman–Crippen LogP) is 5.35. The van der Waals surface area contributed by atoms with Crippen LogP contribution in [0.1, 0.15) is 25.7 Å². The van der Waals surface area contributed by atoms with Crippen molar-refractivity contribution >= 4 is 40.6 Å². The molecule has 0 unspecified atom stereocenters. The highest BCUT2D eigenvalue weighted by Crippen LogP contribution is 2.55. The molecule has 0 N–H and O–H groups in total. The number of rotatable bonds is 10. The third-order valence-electron chi connectivity index (χ3n) is 5.09. The van der Waals surface area contributed by atoms with Crippen LogP contribution in [0.4, 0.5) is 0 Å². The number of benzene rings is 3. The molecule has 0 saturated heterocycles. The highest BCUT2D eigenvalue weighted by molar-refractivity contribution is 7.96. The van der Waals surface area contributed by atoms with Gasteiger partial charge in [-0.05, 0) is 49.2 Å². The third-order valence-corrected chi connectivity index (χ3v) is 9.73. The van der Waals surface area contributed by atoms with Crippen molar-refractivity contribution in [3.05, 3.63) is 91.0 Å². The molecule has 144 valence electrons. The van der Waals surface area contributed by atoms with Crippen LogP contribution in [0.3, 0.4) is 0 Å². The summed E-state index contributed by atoms with van der Waals surface area (Å²) < 4.78 is 0. The van der Waals surface area contributed by atoms with E-state index in [-0.39, 0.29) is 0 Å². The molecule has 0 heterocycles. The van der Waals surface area contributed by atoms with Crippen LogP contribution in [0.15, 0.2) is 91.0 Å². The zero-order valence-corrected chi connectivity index (χ0v) is 17.8. The van der Waals surface area contributed by atoms with Crippen molar-refractivity contribution in [2.45, 2.75) is 25.7 Å². The number of halogens is 1. The minimum Gasteiger partial charge on any atom is -0.296 e. The molecule has 3 aromatic rings. The first kappa shape index (κ1) is 20.8. The van der Waals surface area contributed by atoms with Gasteiger partial charge in [0.15, 0.2) is 5.78 Å². The van der Waals surface area contributed by atoms with Crippen LogP contribution in [0.25, 0.3) is 0 Å². The number of carbonyl (C=O) groups excluding carboxylic acids is 1. The maximum absolute atomic E-state index is 13.1. The molecule has 0 bridgehead atoms. The van der Waals surface area contributed by atoms with Gasteiger partial charge >= 0.3 is 0 Å². The van der Waals surface area contributed by atoms with E-state index < -0.39 is 7.26 Å². The van der Waals surface area contributed by atoms with Crippen LogP contribution in [0.2, 0.25) is 0 Å². The Bertz CT molecular complexity index is 753. The summed E-state index contributed by atoms with van der Waals surface area (Å²) >= 11 is 5.78. The summed E-state index contributed by atoms with van der Waals surface area (Å²) in [5.74, 6) is 1.02. The molecule has 0 atom stereocenters. The van der Waals surface area contributed by atoms with E-state index in [0.717, 1.165) is 19.3 Å². The maximum atomic E-state index is 13.1. The van der Waals surface area contributed by atoms with E-state index in [4.69, 9.17) is 11.6 Å². The van der Waals surface area contributed by atoms with E-state index >= 15 is 0 Å². The van der Waals surface area contributed by atoms with Crippen LogP contribution in [0, 0.1) is 0 Å². The minimum absolute atomic E-state index is 0.347. The number of alkyl halides is 1. The summed E-state index contributed by atoms with van der Waals surface area (Å²) in [5.41, 5.74) is 0. The lowest BCUT2D eigenvalue weighted by atomic mass is 10.1. The Labute approximate surface area is 174 Å². The van der Waals surface area contributed by atoms with Gasteiger partial charge in [-0.3, -0.25) is 4.79 Å². The number of ketones is 1. The van der Waals surface area contributed by atoms with Crippen LogP contribution in [-0.4, -0.2) is 17.8 Å². The van der Waals surface area contributed by atoms with Gasteiger partial charge in [-0.2, -0.15) is 0 Å². The average Bonchev–Trinajstić information content (AvgIpc) is 2.77. The van der Waals surface area contributed by atoms with Gasteiger partial charge in [-0.1, -0.05) is 61.0 Å². The number of unbranched alkanes of at least 4 members (excludes halogenated alkanes) is 2. The summed E-state index contributed by atoms with van der Waals surface area (Å²) in [4.78, 5) is 13.1. The van der Waals surface area contributed by atoms with E-state index in [1.165, 1.54) is 15.9 Å². The normalized spacial score (nSPS) is 11.3. The number of hydrogen-bond acceptors (Lipinski definition) is 1. The second kappa shape index (κ2) is 10.6. The Morgan fingerprint density at radius 2 is 1.07 bits per heavy atom. The van der Waals surface area contributed by atoms with Crippen LogP contribution < -0.4 is 15.9 Å². The molecule has 0 aliphatic rings. The summed E-state index contributed by atoms with van der Waals surface area (Å²) in [6.07, 6.45) is 4.12. The van der Waals surface area contributed by atoms with Gasteiger partial charge in [-0.15, -0.1) is 11.6 Å². The molecule has 0 fully saturated rings. The lowest BCUT2D eigenvalue weighted by molar-refractivity contribution is -0.116. The number of hydrogen-bond donors (Lipinski definition) is 0. The fraction of sp³-hybridized carbons (Fsp3) is 0.240. The van der Waals surface area contributed by atoms with Crippen LogP contribution in [0.5, 0.6) is 0 Å². The zero-order chi connectivity index (χ0) is 19.7. The number of carbonyl (C=O) groups is 1. The summed E-state index contributed by atoms with van der Waals surface area (Å²) in [7, 11) is -2.04. The van der Waals surface area contributed by atoms with E-state index in [0.29, 0.717) is 24.2 Å². The van der Waals surface area contributed by atoms with Gasteiger partial charge in [0.05, 0.1) is 0 Å². The number of Topliss-reactive ketones (excluding diaryl/α,β-unsaturated/α-hetero) is 1. The average molecular weight is 410 g/mol. The van der Waals surface area contributed by atoms with Gasteiger partial charge in [0.25, 0.3) is 0 Å². The lowest BCUT2D eigenvalue weighted by Gasteiger charge is -2.27. The summed E-state index contributed by atoms with van der Waals surface area (Å²) in [6.45, 7) is 0. The molecular formula is C25H27ClOP+.